The van der Waals surface area contributed by atoms with Crippen LogP contribution >= 0.6 is 23.2 Å². The molecule has 1 aromatic carbocycles. The normalized spacial score (nSPS) is 13.4. The molecule has 1 unspecified atom stereocenters. The molecule has 122 valence electrons. The highest BCUT2D eigenvalue weighted by Gasteiger charge is 2.18. The molecule has 22 heavy (non-hydrogen) atoms. The summed E-state index contributed by atoms with van der Waals surface area (Å²) in [6.07, 6.45) is 0. The highest BCUT2D eigenvalue weighted by Crippen LogP contribution is 2.25. The molecule has 0 bridgehead atoms. The number of likely N-dealkylation sites (N-methyl/N-ethyl adjacent to an activating group) is 2. The van der Waals surface area contributed by atoms with Crippen LogP contribution in [0.2, 0.25) is 10.0 Å². The van der Waals surface area contributed by atoms with Crippen LogP contribution in [0.5, 0.6) is 0 Å². The molecular weight excluding hydrogens is 325 g/mol. The highest BCUT2D eigenvalue weighted by atomic mass is 35.5. The van der Waals surface area contributed by atoms with Gasteiger partial charge in [-0.15, -0.1) is 0 Å². The van der Waals surface area contributed by atoms with Crippen molar-refractivity contribution in [3.05, 3.63) is 33.8 Å². The second kappa shape index (κ2) is 8.36. The zero-order valence-electron chi connectivity index (χ0n) is 13.2. The minimum absolute atomic E-state index is 0.0147. The molecule has 0 aliphatic rings. The van der Waals surface area contributed by atoms with Crippen LogP contribution in [0.3, 0.4) is 0 Å². The summed E-state index contributed by atoms with van der Waals surface area (Å²) >= 11 is 12.0. The minimum Gasteiger partial charge on any atom is -0.345 e. The van der Waals surface area contributed by atoms with Crippen LogP contribution in [0, 0.1) is 0 Å². The first-order chi connectivity index (χ1) is 10.2. The van der Waals surface area contributed by atoms with Gasteiger partial charge < -0.3 is 15.1 Å². The predicted octanol–water partition coefficient (Wildman–Crippen LogP) is 0.774. The number of carbonyl (C=O) groups is 2. The van der Waals surface area contributed by atoms with Crippen LogP contribution in [0.25, 0.3) is 0 Å². The zero-order valence-corrected chi connectivity index (χ0v) is 14.8. The van der Waals surface area contributed by atoms with Crippen LogP contribution < -0.4 is 10.2 Å². The fourth-order valence-corrected chi connectivity index (χ4v) is 2.55. The number of rotatable bonds is 6. The molecule has 5 nitrogen and oxygen atoms in total. The minimum atomic E-state index is -0.227. The lowest BCUT2D eigenvalue weighted by Crippen LogP contribution is -3.11. The number of nitrogens with one attached hydrogen (secondary N) is 2. The van der Waals surface area contributed by atoms with Crippen LogP contribution in [-0.4, -0.2) is 50.9 Å². The number of benzene rings is 1. The Balaban J connectivity index is 2.55. The van der Waals surface area contributed by atoms with Crippen molar-refractivity contribution in [2.45, 2.75) is 13.0 Å². The topological polar surface area (TPSA) is 53.9 Å². The quantitative estimate of drug-likeness (QED) is 0.799. The van der Waals surface area contributed by atoms with Crippen LogP contribution in [0.15, 0.2) is 18.2 Å². The summed E-state index contributed by atoms with van der Waals surface area (Å²) in [6.45, 7) is 2.35. The predicted molar refractivity (Wildman–Crippen MR) is 88.3 cm³/mol. The van der Waals surface area contributed by atoms with E-state index in [0.29, 0.717) is 10.0 Å². The van der Waals surface area contributed by atoms with Crippen molar-refractivity contribution < 1.29 is 14.5 Å². The number of hydrogen-bond acceptors (Lipinski definition) is 2. The first-order valence-electron chi connectivity index (χ1n) is 6.96. The van der Waals surface area contributed by atoms with E-state index in [2.05, 4.69) is 5.32 Å². The lowest BCUT2D eigenvalue weighted by molar-refractivity contribution is -0.862. The Morgan fingerprint density at radius 3 is 2.45 bits per heavy atom. The molecule has 1 aromatic rings. The number of quaternary nitrogens is 1. The molecule has 0 aliphatic carbocycles. The van der Waals surface area contributed by atoms with Gasteiger partial charge in [0.1, 0.15) is 0 Å². The molecule has 7 heteroatoms. The van der Waals surface area contributed by atoms with Crippen LogP contribution in [0.4, 0.5) is 0 Å². The first kappa shape index (κ1) is 18.7. The molecule has 0 saturated heterocycles. The SMILES string of the molecule is C[C@H](NC(=O)C[NH+](C)CC(=O)N(C)C)c1ccc(Cl)cc1Cl. The molecule has 0 fully saturated rings. The van der Waals surface area contributed by atoms with Gasteiger partial charge in [0.2, 0.25) is 0 Å². The van der Waals surface area contributed by atoms with Gasteiger partial charge in [0.25, 0.3) is 11.8 Å². The van der Waals surface area contributed by atoms with Crippen LogP contribution in [-0.2, 0) is 9.59 Å². The van der Waals surface area contributed by atoms with Crippen molar-refractivity contribution in [2.75, 3.05) is 34.2 Å². The Bertz CT molecular complexity index is 550. The fraction of sp³-hybridized carbons (Fsp3) is 0.467. The van der Waals surface area contributed by atoms with E-state index in [1.54, 1.807) is 39.3 Å². The van der Waals surface area contributed by atoms with Crippen molar-refractivity contribution >= 4 is 35.0 Å². The van der Waals surface area contributed by atoms with E-state index >= 15 is 0 Å². The molecule has 0 aromatic heterocycles. The number of hydrogen-bond donors (Lipinski definition) is 2. The van der Waals surface area contributed by atoms with Crippen molar-refractivity contribution in [3.63, 3.8) is 0 Å². The fourth-order valence-electron chi connectivity index (χ4n) is 1.98. The molecule has 2 atom stereocenters. The maximum atomic E-state index is 12.0. The number of halogens is 2. The number of carbonyl (C=O) groups excluding carboxylic acids is 2. The molecule has 0 radical (unpaired) electrons. The van der Waals surface area contributed by atoms with E-state index in [0.717, 1.165) is 10.5 Å². The molecule has 0 aliphatic heterocycles. The molecule has 0 saturated carbocycles. The van der Waals surface area contributed by atoms with Gasteiger partial charge in [-0.05, 0) is 24.6 Å². The lowest BCUT2D eigenvalue weighted by Gasteiger charge is -2.19. The Kier molecular flexibility index (Phi) is 7.13. The average Bonchev–Trinajstić information content (AvgIpc) is 2.37. The molecule has 1 rings (SSSR count). The summed E-state index contributed by atoms with van der Waals surface area (Å²) in [5, 5.41) is 3.95. The van der Waals surface area contributed by atoms with E-state index in [-0.39, 0.29) is 30.9 Å². The van der Waals surface area contributed by atoms with Crippen molar-refractivity contribution in [1.82, 2.24) is 10.2 Å². The zero-order chi connectivity index (χ0) is 16.9. The van der Waals surface area contributed by atoms with Gasteiger partial charge in [0.15, 0.2) is 13.1 Å². The van der Waals surface area contributed by atoms with Gasteiger partial charge in [0, 0.05) is 24.1 Å². The number of amides is 2. The van der Waals surface area contributed by atoms with Gasteiger partial charge in [0.05, 0.1) is 13.1 Å². The maximum absolute atomic E-state index is 12.0. The maximum Gasteiger partial charge on any atom is 0.277 e. The standard InChI is InChI=1S/C15H21Cl2N3O2/c1-10(12-6-5-11(16)7-13(12)17)18-14(21)8-20(4)9-15(22)19(2)3/h5-7,10H,8-9H2,1-4H3,(H,18,21)/p+1/t10-/m0/s1. The van der Waals surface area contributed by atoms with E-state index in [4.69, 9.17) is 23.2 Å². The first-order valence-corrected chi connectivity index (χ1v) is 7.72. The highest BCUT2D eigenvalue weighted by molar-refractivity contribution is 6.35. The van der Waals surface area contributed by atoms with Gasteiger partial charge >= 0.3 is 0 Å². The Labute approximate surface area is 141 Å². The summed E-state index contributed by atoms with van der Waals surface area (Å²) in [5.74, 6) is -0.151. The largest absolute Gasteiger partial charge is 0.345 e. The smallest absolute Gasteiger partial charge is 0.277 e. The Morgan fingerprint density at radius 1 is 1.27 bits per heavy atom. The third kappa shape index (κ3) is 5.83. The lowest BCUT2D eigenvalue weighted by atomic mass is 10.1. The number of nitrogens with zero attached hydrogens (tertiary/aromatic N) is 1. The molecule has 0 spiro atoms. The van der Waals surface area contributed by atoms with E-state index in [1.165, 1.54) is 4.90 Å². The summed E-state index contributed by atoms with van der Waals surface area (Å²) < 4.78 is 0. The third-order valence-corrected chi connectivity index (χ3v) is 3.78. The van der Waals surface area contributed by atoms with Gasteiger partial charge in [-0.25, -0.2) is 0 Å². The molecule has 2 amide bonds. The van der Waals surface area contributed by atoms with Gasteiger partial charge in [-0.3, -0.25) is 9.59 Å². The van der Waals surface area contributed by atoms with Crippen molar-refractivity contribution in [2.24, 2.45) is 0 Å². The average molecular weight is 347 g/mol. The Hall–Kier alpha value is -1.30. The van der Waals surface area contributed by atoms with Crippen LogP contribution in [0.1, 0.15) is 18.5 Å². The molecule has 0 heterocycles. The summed E-state index contributed by atoms with van der Waals surface area (Å²) in [7, 11) is 5.20. The molecular formula is C15H22Cl2N3O2+. The van der Waals surface area contributed by atoms with Gasteiger partial charge in [-0.1, -0.05) is 29.3 Å². The van der Waals surface area contributed by atoms with Crippen molar-refractivity contribution in [3.8, 4) is 0 Å². The Morgan fingerprint density at radius 2 is 1.91 bits per heavy atom. The monoisotopic (exact) mass is 346 g/mol. The second-order valence-corrected chi connectivity index (χ2v) is 6.40. The molecule has 2 N–H and O–H groups in total. The van der Waals surface area contributed by atoms with Crippen molar-refractivity contribution in [1.29, 1.82) is 0 Å². The van der Waals surface area contributed by atoms with E-state index in [9.17, 15) is 9.59 Å². The summed E-state index contributed by atoms with van der Waals surface area (Å²) in [4.78, 5) is 26.0. The van der Waals surface area contributed by atoms with E-state index in [1.807, 2.05) is 6.92 Å². The summed E-state index contributed by atoms with van der Waals surface area (Å²) in [5.41, 5.74) is 0.807. The van der Waals surface area contributed by atoms with Gasteiger partial charge in [-0.2, -0.15) is 0 Å². The summed E-state index contributed by atoms with van der Waals surface area (Å²) in [6, 6.07) is 4.95. The second-order valence-electron chi connectivity index (χ2n) is 5.55. The third-order valence-electron chi connectivity index (χ3n) is 3.22. The van der Waals surface area contributed by atoms with E-state index < -0.39 is 0 Å².